The standard InChI is InChI=1S/C19H24N2OS2/c1-12-5-7-14(24-12)10-20-21-18(22)16-11-23-17-9-13(19(2,3)4)6-8-15(16)17/h5,7,10-11,13H,6,8-9H2,1-4H3,(H,21,22)/b20-10-/t13-/m1/s1. The first-order chi connectivity index (χ1) is 11.3. The predicted molar refractivity (Wildman–Crippen MR) is 103 cm³/mol. The number of hydrogen-bond donors (Lipinski definition) is 1. The van der Waals surface area contributed by atoms with Crippen molar-refractivity contribution in [2.45, 2.75) is 47.0 Å². The van der Waals surface area contributed by atoms with Crippen LogP contribution in [0.5, 0.6) is 0 Å². The Bertz CT molecular complexity index is 765. The summed E-state index contributed by atoms with van der Waals surface area (Å²) in [5.74, 6) is 0.603. The number of nitrogens with one attached hydrogen (secondary N) is 1. The highest BCUT2D eigenvalue weighted by atomic mass is 32.1. The molecule has 1 amide bonds. The van der Waals surface area contributed by atoms with Crippen molar-refractivity contribution in [2.24, 2.45) is 16.4 Å². The SMILES string of the molecule is Cc1ccc(/C=N\NC(=O)c2csc3c2CC[C@@H](C(C)(C)C)C3)s1. The number of carbonyl (C=O) groups is 1. The minimum Gasteiger partial charge on any atom is -0.267 e. The van der Waals surface area contributed by atoms with Gasteiger partial charge >= 0.3 is 0 Å². The summed E-state index contributed by atoms with van der Waals surface area (Å²) >= 11 is 3.39. The van der Waals surface area contributed by atoms with Crippen molar-refractivity contribution < 1.29 is 4.79 Å². The first kappa shape index (κ1) is 17.4. The maximum Gasteiger partial charge on any atom is 0.272 e. The lowest BCUT2D eigenvalue weighted by atomic mass is 9.72. The number of carbonyl (C=O) groups excluding carboxylic acids is 1. The van der Waals surface area contributed by atoms with Crippen LogP contribution in [0.4, 0.5) is 0 Å². The molecule has 0 aromatic carbocycles. The van der Waals surface area contributed by atoms with Gasteiger partial charge < -0.3 is 0 Å². The van der Waals surface area contributed by atoms with Crippen molar-refractivity contribution in [1.82, 2.24) is 5.43 Å². The van der Waals surface area contributed by atoms with Crippen molar-refractivity contribution in [3.8, 4) is 0 Å². The van der Waals surface area contributed by atoms with Crippen LogP contribution in [0.15, 0.2) is 22.6 Å². The fourth-order valence-electron chi connectivity index (χ4n) is 3.18. The van der Waals surface area contributed by atoms with Crippen molar-refractivity contribution in [3.05, 3.63) is 43.3 Å². The predicted octanol–water partition coefficient (Wildman–Crippen LogP) is 5.03. The average Bonchev–Trinajstić information content (AvgIpc) is 3.11. The maximum atomic E-state index is 12.4. The highest BCUT2D eigenvalue weighted by Crippen LogP contribution is 2.40. The monoisotopic (exact) mass is 360 g/mol. The molecule has 128 valence electrons. The number of nitrogens with zero attached hydrogens (tertiary/aromatic N) is 1. The summed E-state index contributed by atoms with van der Waals surface area (Å²) < 4.78 is 0. The van der Waals surface area contributed by atoms with Crippen LogP contribution in [0.2, 0.25) is 0 Å². The van der Waals surface area contributed by atoms with Gasteiger partial charge in [-0.25, -0.2) is 5.43 Å². The summed E-state index contributed by atoms with van der Waals surface area (Å²) in [5.41, 5.74) is 5.05. The lowest BCUT2D eigenvalue weighted by Crippen LogP contribution is -2.27. The smallest absolute Gasteiger partial charge is 0.267 e. The lowest BCUT2D eigenvalue weighted by molar-refractivity contribution is 0.0954. The summed E-state index contributed by atoms with van der Waals surface area (Å²) in [4.78, 5) is 16.1. The molecule has 1 atom stereocenters. The van der Waals surface area contributed by atoms with Crippen molar-refractivity contribution in [2.75, 3.05) is 0 Å². The van der Waals surface area contributed by atoms with Crippen LogP contribution < -0.4 is 5.43 Å². The molecule has 0 unspecified atom stereocenters. The second kappa shape index (κ2) is 6.81. The number of fused-ring (bicyclic) bond motifs is 1. The molecule has 2 aromatic rings. The highest BCUT2D eigenvalue weighted by Gasteiger charge is 2.31. The zero-order valence-corrected chi connectivity index (χ0v) is 16.3. The number of rotatable bonds is 3. The van der Waals surface area contributed by atoms with Crippen molar-refractivity contribution in [3.63, 3.8) is 0 Å². The Morgan fingerprint density at radius 2 is 2.17 bits per heavy atom. The fourth-order valence-corrected chi connectivity index (χ4v) is 5.09. The number of aryl methyl sites for hydroxylation is 1. The van der Waals surface area contributed by atoms with Crippen LogP contribution >= 0.6 is 22.7 Å². The van der Waals surface area contributed by atoms with Gasteiger partial charge in [-0.3, -0.25) is 4.79 Å². The molecule has 5 heteroatoms. The Labute approximate surface area is 151 Å². The van der Waals surface area contributed by atoms with Gasteiger partial charge in [-0.05, 0) is 55.2 Å². The number of thiophene rings is 2. The van der Waals surface area contributed by atoms with Crippen LogP contribution in [0.1, 0.15) is 57.7 Å². The number of amides is 1. The second-order valence-corrected chi connectivity index (χ2v) is 9.79. The molecule has 0 fully saturated rings. The molecule has 1 aliphatic rings. The first-order valence-electron chi connectivity index (χ1n) is 8.33. The van der Waals surface area contributed by atoms with E-state index in [-0.39, 0.29) is 5.91 Å². The summed E-state index contributed by atoms with van der Waals surface area (Å²) in [6, 6.07) is 4.06. The number of hydrogen-bond acceptors (Lipinski definition) is 4. The van der Waals surface area contributed by atoms with Crippen molar-refractivity contribution in [1.29, 1.82) is 0 Å². The molecule has 0 saturated carbocycles. The molecule has 3 nitrogen and oxygen atoms in total. The molecule has 2 heterocycles. The Morgan fingerprint density at radius 1 is 1.38 bits per heavy atom. The van der Waals surface area contributed by atoms with Gasteiger partial charge in [-0.2, -0.15) is 5.10 Å². The maximum absolute atomic E-state index is 12.4. The summed E-state index contributed by atoms with van der Waals surface area (Å²) in [7, 11) is 0. The van der Waals surface area contributed by atoms with E-state index in [1.807, 2.05) is 11.4 Å². The van der Waals surface area contributed by atoms with Gasteiger partial charge in [-0.1, -0.05) is 20.8 Å². The minimum absolute atomic E-state index is 0.0914. The average molecular weight is 361 g/mol. The molecule has 0 bridgehead atoms. The van der Waals surface area contributed by atoms with E-state index in [1.54, 1.807) is 28.9 Å². The fraction of sp³-hybridized carbons (Fsp3) is 0.474. The second-order valence-electron chi connectivity index (χ2n) is 7.50. The molecule has 0 radical (unpaired) electrons. The Morgan fingerprint density at radius 3 is 2.83 bits per heavy atom. The Hall–Kier alpha value is -1.46. The van der Waals surface area contributed by atoms with E-state index in [4.69, 9.17) is 0 Å². The molecule has 0 saturated heterocycles. The van der Waals surface area contributed by atoms with Crippen LogP contribution in [0.25, 0.3) is 0 Å². The van der Waals surface area contributed by atoms with Crippen LogP contribution in [-0.4, -0.2) is 12.1 Å². The first-order valence-corrected chi connectivity index (χ1v) is 10.0. The quantitative estimate of drug-likeness (QED) is 0.605. The normalized spacial score (nSPS) is 17.9. The Balaban J connectivity index is 1.67. The Kier molecular flexibility index (Phi) is 4.92. The summed E-state index contributed by atoms with van der Waals surface area (Å²) in [6.07, 6.45) is 4.96. The van der Waals surface area contributed by atoms with E-state index in [0.717, 1.165) is 29.7 Å². The highest BCUT2D eigenvalue weighted by molar-refractivity contribution is 7.13. The molecule has 24 heavy (non-hydrogen) atoms. The summed E-state index contributed by atoms with van der Waals surface area (Å²) in [6.45, 7) is 8.99. The van der Waals surface area contributed by atoms with Gasteiger partial charge in [0, 0.05) is 20.0 Å². The molecule has 3 rings (SSSR count). The van der Waals surface area contributed by atoms with Crippen molar-refractivity contribution >= 4 is 34.8 Å². The number of hydrazone groups is 1. The zero-order valence-electron chi connectivity index (χ0n) is 14.7. The molecule has 0 spiro atoms. The molecule has 0 aliphatic heterocycles. The van der Waals surface area contributed by atoms with Gasteiger partial charge in [0.05, 0.1) is 11.8 Å². The molecular weight excluding hydrogens is 336 g/mol. The topological polar surface area (TPSA) is 41.5 Å². The molecule has 2 aromatic heterocycles. The molecule has 1 aliphatic carbocycles. The van der Waals surface area contributed by atoms with E-state index in [1.165, 1.54) is 15.3 Å². The van der Waals surface area contributed by atoms with Gasteiger partial charge in [0.2, 0.25) is 0 Å². The largest absolute Gasteiger partial charge is 0.272 e. The van der Waals surface area contributed by atoms with E-state index in [2.05, 4.69) is 44.3 Å². The van der Waals surface area contributed by atoms with E-state index in [9.17, 15) is 4.79 Å². The summed E-state index contributed by atoms with van der Waals surface area (Å²) in [5, 5.41) is 6.10. The van der Waals surface area contributed by atoms with Gasteiger partial charge in [0.25, 0.3) is 5.91 Å². The van der Waals surface area contributed by atoms with Gasteiger partial charge in [0.1, 0.15) is 0 Å². The van der Waals surface area contributed by atoms with Gasteiger partial charge in [0.15, 0.2) is 0 Å². The van der Waals surface area contributed by atoms with E-state index in [0.29, 0.717) is 11.3 Å². The minimum atomic E-state index is -0.0914. The zero-order chi connectivity index (χ0) is 17.3. The van der Waals surface area contributed by atoms with Crippen LogP contribution in [-0.2, 0) is 12.8 Å². The third-order valence-electron chi connectivity index (χ3n) is 4.74. The van der Waals surface area contributed by atoms with Crippen LogP contribution in [0, 0.1) is 18.3 Å². The van der Waals surface area contributed by atoms with E-state index >= 15 is 0 Å². The third-order valence-corrected chi connectivity index (χ3v) is 6.73. The van der Waals surface area contributed by atoms with E-state index < -0.39 is 0 Å². The third kappa shape index (κ3) is 3.78. The molecule has 1 N–H and O–H groups in total. The van der Waals surface area contributed by atoms with Crippen LogP contribution in [0.3, 0.4) is 0 Å². The molecular formula is C19H24N2OS2. The van der Waals surface area contributed by atoms with Gasteiger partial charge in [-0.15, -0.1) is 22.7 Å². The lowest BCUT2D eigenvalue weighted by Gasteiger charge is -2.33.